The topological polar surface area (TPSA) is 14.8 Å². The van der Waals surface area contributed by atoms with Crippen molar-refractivity contribution < 1.29 is 0 Å². The highest BCUT2D eigenvalue weighted by Crippen LogP contribution is 2.42. The number of hydrogen-bond acceptors (Lipinski definition) is 0. The van der Waals surface area contributed by atoms with Gasteiger partial charge in [0.2, 0.25) is 0 Å². The van der Waals surface area contributed by atoms with E-state index in [9.17, 15) is 0 Å². The zero-order chi connectivity index (χ0) is 37.5. The molecule has 0 bridgehead atoms. The summed E-state index contributed by atoms with van der Waals surface area (Å²) in [4.78, 5) is 0. The van der Waals surface area contributed by atoms with E-state index in [0.29, 0.717) is 0 Å². The molecule has 0 spiro atoms. The van der Waals surface area contributed by atoms with E-state index in [1.54, 1.807) is 0 Å². The van der Waals surface area contributed by atoms with Gasteiger partial charge in [-0.1, -0.05) is 146 Å². The molecule has 0 N–H and O–H groups in total. The summed E-state index contributed by atoms with van der Waals surface area (Å²) in [6, 6.07) is 77.5. The second-order valence-corrected chi connectivity index (χ2v) is 14.9. The van der Waals surface area contributed by atoms with Crippen LogP contribution >= 0.6 is 0 Å². The number of para-hydroxylation sites is 4. The van der Waals surface area contributed by atoms with E-state index < -0.39 is 0 Å². The molecule has 0 saturated carbocycles. The first-order chi connectivity index (χ1) is 28.3. The van der Waals surface area contributed by atoms with E-state index in [1.165, 1.54) is 87.7 Å². The van der Waals surface area contributed by atoms with Gasteiger partial charge in [0.1, 0.15) is 0 Å². The maximum absolute atomic E-state index is 2.50. The predicted molar refractivity (Wildman–Crippen MR) is 240 cm³/mol. The largest absolute Gasteiger partial charge is 0.309 e. The van der Waals surface area contributed by atoms with E-state index in [4.69, 9.17) is 0 Å². The number of aromatic nitrogens is 3. The van der Waals surface area contributed by atoms with Crippen LogP contribution in [0.3, 0.4) is 0 Å². The molecule has 3 nitrogen and oxygen atoms in total. The number of fused-ring (bicyclic) bond motifs is 9. The van der Waals surface area contributed by atoms with Gasteiger partial charge in [0.05, 0.1) is 38.8 Å². The molecule has 3 heteroatoms. The Morgan fingerprint density at radius 3 is 1.25 bits per heavy atom. The van der Waals surface area contributed by atoms with Gasteiger partial charge in [-0.3, -0.25) is 0 Å². The van der Waals surface area contributed by atoms with Crippen molar-refractivity contribution in [1.29, 1.82) is 0 Å². The Hall–Kier alpha value is -7.62. The van der Waals surface area contributed by atoms with E-state index >= 15 is 0 Å². The lowest BCUT2D eigenvalue weighted by Gasteiger charge is -2.15. The quantitative estimate of drug-likeness (QED) is 0.168. The second kappa shape index (κ2) is 12.5. The monoisotopic (exact) mass is 725 g/mol. The maximum Gasteiger partial charge on any atom is 0.0562 e. The Morgan fingerprint density at radius 1 is 0.228 bits per heavy atom. The third-order valence-corrected chi connectivity index (χ3v) is 11.8. The van der Waals surface area contributed by atoms with E-state index in [2.05, 4.69) is 226 Å². The normalized spacial score (nSPS) is 11.9. The summed E-state index contributed by atoms with van der Waals surface area (Å²) in [5, 5.41) is 7.45. The number of rotatable bonds is 5. The minimum absolute atomic E-state index is 1.13. The summed E-state index contributed by atoms with van der Waals surface area (Å²) >= 11 is 0. The maximum atomic E-state index is 2.50. The molecule has 0 saturated heterocycles. The van der Waals surface area contributed by atoms with Crippen molar-refractivity contribution in [2.24, 2.45) is 0 Å². The summed E-state index contributed by atoms with van der Waals surface area (Å²) < 4.78 is 7.38. The van der Waals surface area contributed by atoms with Gasteiger partial charge in [-0.05, 0) is 89.0 Å². The van der Waals surface area contributed by atoms with Crippen LogP contribution in [-0.4, -0.2) is 13.7 Å². The highest BCUT2D eigenvalue weighted by Gasteiger charge is 2.21. The van der Waals surface area contributed by atoms with Gasteiger partial charge in [0.15, 0.2) is 0 Å². The van der Waals surface area contributed by atoms with Crippen LogP contribution in [0.5, 0.6) is 0 Å². The minimum atomic E-state index is 1.13. The van der Waals surface area contributed by atoms with Crippen LogP contribution in [0.4, 0.5) is 0 Å². The summed E-state index contributed by atoms with van der Waals surface area (Å²) in [6.45, 7) is 0. The number of nitrogens with zero attached hydrogens (tertiary/aromatic N) is 3. The van der Waals surface area contributed by atoms with E-state index in [1.807, 2.05) is 0 Å². The van der Waals surface area contributed by atoms with Crippen LogP contribution < -0.4 is 0 Å². The SMILES string of the molecule is c1ccc(-c2cc(-c3ccccc3)cc(-n3c4ccccc4c4c(-n5c6ccccc6c6ccc(-n7c8ccccc8c8ccccc87)cc65)cccc43)c2)cc1. The molecular weight excluding hydrogens is 691 g/mol. The van der Waals surface area contributed by atoms with E-state index in [0.717, 1.165) is 17.1 Å². The third kappa shape index (κ3) is 4.79. The zero-order valence-electron chi connectivity index (χ0n) is 31.0. The molecule has 0 aliphatic carbocycles. The summed E-state index contributed by atoms with van der Waals surface area (Å²) in [7, 11) is 0. The molecule has 266 valence electrons. The third-order valence-electron chi connectivity index (χ3n) is 11.8. The average molecular weight is 726 g/mol. The lowest BCUT2D eigenvalue weighted by atomic mass is 9.98. The van der Waals surface area contributed by atoms with Crippen molar-refractivity contribution in [2.75, 3.05) is 0 Å². The van der Waals surface area contributed by atoms with Crippen molar-refractivity contribution in [1.82, 2.24) is 13.7 Å². The Morgan fingerprint density at radius 2 is 0.667 bits per heavy atom. The molecule has 12 aromatic rings. The predicted octanol–water partition coefficient (Wildman–Crippen LogP) is 14.3. The van der Waals surface area contributed by atoms with Gasteiger partial charge in [0.25, 0.3) is 0 Å². The Bertz CT molecular complexity index is 3400. The standard InChI is InChI=1S/C54H35N3/c1-3-16-36(17-4-1)38-32-39(37-18-5-2-6-19-37)34-41(33-38)56-50-27-14-10-23-46(50)54-51(56)28-15-29-52(54)57-49-26-13-9-22-44(49)45-31-30-40(35-53(45)57)55-47-24-11-7-20-42(47)43-21-8-12-25-48(43)55/h1-35H. The minimum Gasteiger partial charge on any atom is -0.309 e. The van der Waals surface area contributed by atoms with Gasteiger partial charge < -0.3 is 13.7 Å². The molecule has 0 fully saturated rings. The van der Waals surface area contributed by atoms with Crippen LogP contribution in [0, 0.1) is 0 Å². The lowest BCUT2D eigenvalue weighted by Crippen LogP contribution is -1.98. The zero-order valence-corrected chi connectivity index (χ0v) is 31.0. The number of benzene rings is 9. The molecule has 0 aliphatic rings. The fraction of sp³-hybridized carbons (Fsp3) is 0. The molecule has 57 heavy (non-hydrogen) atoms. The van der Waals surface area contributed by atoms with Gasteiger partial charge >= 0.3 is 0 Å². The Kier molecular flexibility index (Phi) is 6.93. The molecule has 0 radical (unpaired) electrons. The first-order valence-corrected chi connectivity index (χ1v) is 19.6. The van der Waals surface area contributed by atoms with Crippen LogP contribution in [0.2, 0.25) is 0 Å². The van der Waals surface area contributed by atoms with Crippen LogP contribution in [-0.2, 0) is 0 Å². The van der Waals surface area contributed by atoms with Gasteiger partial charge in [-0.25, -0.2) is 0 Å². The summed E-state index contributed by atoms with van der Waals surface area (Å²) in [6.07, 6.45) is 0. The fourth-order valence-electron chi connectivity index (χ4n) is 9.36. The molecular formula is C54H35N3. The van der Waals surface area contributed by atoms with Crippen molar-refractivity contribution in [3.8, 4) is 39.3 Å². The summed E-state index contributed by atoms with van der Waals surface area (Å²) in [5.74, 6) is 0. The fourth-order valence-corrected chi connectivity index (χ4v) is 9.36. The molecule has 0 unspecified atom stereocenters. The average Bonchev–Trinajstić information content (AvgIpc) is 3.92. The highest BCUT2D eigenvalue weighted by molar-refractivity contribution is 6.17. The van der Waals surface area contributed by atoms with Crippen LogP contribution in [0.25, 0.3) is 105 Å². The van der Waals surface area contributed by atoms with Crippen LogP contribution in [0.15, 0.2) is 212 Å². The van der Waals surface area contributed by atoms with Gasteiger partial charge in [-0.2, -0.15) is 0 Å². The Labute approximate surface area is 329 Å². The molecule has 3 aromatic heterocycles. The summed E-state index contributed by atoms with van der Waals surface area (Å²) in [5.41, 5.74) is 15.3. The van der Waals surface area contributed by atoms with Crippen molar-refractivity contribution in [2.45, 2.75) is 0 Å². The van der Waals surface area contributed by atoms with Crippen molar-refractivity contribution in [3.05, 3.63) is 212 Å². The van der Waals surface area contributed by atoms with Crippen molar-refractivity contribution >= 4 is 65.4 Å². The molecule has 0 atom stereocenters. The molecule has 3 heterocycles. The Balaban J connectivity index is 1.16. The number of hydrogen-bond donors (Lipinski definition) is 0. The molecule has 0 amide bonds. The highest BCUT2D eigenvalue weighted by atomic mass is 15.0. The van der Waals surface area contributed by atoms with Gasteiger partial charge in [-0.15, -0.1) is 0 Å². The second-order valence-electron chi connectivity index (χ2n) is 14.9. The molecule has 12 rings (SSSR count). The molecule has 0 aliphatic heterocycles. The lowest BCUT2D eigenvalue weighted by molar-refractivity contribution is 1.16. The van der Waals surface area contributed by atoms with E-state index in [-0.39, 0.29) is 0 Å². The smallest absolute Gasteiger partial charge is 0.0562 e. The van der Waals surface area contributed by atoms with Crippen molar-refractivity contribution in [3.63, 3.8) is 0 Å². The first-order valence-electron chi connectivity index (χ1n) is 19.6. The van der Waals surface area contributed by atoms with Crippen LogP contribution in [0.1, 0.15) is 0 Å². The molecule has 9 aromatic carbocycles. The first kappa shape index (κ1) is 31.7. The van der Waals surface area contributed by atoms with Gasteiger partial charge in [0, 0.05) is 43.7 Å².